The molecule has 0 fully saturated rings. The lowest BCUT2D eigenvalue weighted by Gasteiger charge is -2.03. The van der Waals surface area contributed by atoms with E-state index in [0.717, 1.165) is 5.82 Å². The first-order valence-electron chi connectivity index (χ1n) is 5.21. The number of aryl methyl sites for hydroxylation is 1. The number of hydrogen-bond acceptors (Lipinski definition) is 4. The van der Waals surface area contributed by atoms with Crippen LogP contribution in [-0.2, 0) is 5.75 Å². The topological polar surface area (TPSA) is 91.4 Å². The van der Waals surface area contributed by atoms with Gasteiger partial charge in [-0.2, -0.15) is 0 Å². The highest BCUT2D eigenvalue weighted by molar-refractivity contribution is 7.98. The second-order valence-electron chi connectivity index (χ2n) is 3.71. The van der Waals surface area contributed by atoms with Gasteiger partial charge in [0.05, 0.1) is 0 Å². The molecule has 7 heteroatoms. The fourth-order valence-electron chi connectivity index (χ4n) is 1.36. The highest BCUT2D eigenvalue weighted by Crippen LogP contribution is 2.21. The minimum Gasteiger partial charge on any atom is -0.384 e. The zero-order chi connectivity index (χ0) is 13.1. The van der Waals surface area contributed by atoms with Gasteiger partial charge in [-0.3, -0.25) is 10.5 Å². The molecule has 0 spiro atoms. The molecule has 1 aromatic heterocycles. The van der Waals surface area contributed by atoms with Crippen LogP contribution in [-0.4, -0.2) is 21.0 Å². The molecule has 4 N–H and O–H groups in total. The number of nitrogens with zero attached hydrogens (tertiary/aromatic N) is 2. The maximum atomic E-state index is 13.7. The van der Waals surface area contributed by atoms with Crippen LogP contribution in [0.25, 0.3) is 0 Å². The minimum absolute atomic E-state index is 0.141. The highest BCUT2D eigenvalue weighted by atomic mass is 32.2. The van der Waals surface area contributed by atoms with Crippen LogP contribution in [0, 0.1) is 18.2 Å². The second-order valence-corrected chi connectivity index (χ2v) is 4.65. The Morgan fingerprint density at radius 1 is 1.56 bits per heavy atom. The highest BCUT2D eigenvalue weighted by Gasteiger charge is 2.07. The number of benzene rings is 1. The largest absolute Gasteiger partial charge is 0.384 e. The van der Waals surface area contributed by atoms with Crippen LogP contribution in [0.1, 0.15) is 17.0 Å². The molecule has 2 aromatic rings. The normalized spacial score (nSPS) is 10.6. The smallest absolute Gasteiger partial charge is 0.208 e. The molecule has 0 atom stereocenters. The quantitative estimate of drug-likeness (QED) is 0.447. The summed E-state index contributed by atoms with van der Waals surface area (Å²) in [5.41, 5.74) is 6.21. The van der Waals surface area contributed by atoms with Crippen molar-refractivity contribution in [3.05, 3.63) is 41.0 Å². The number of H-pyrrole nitrogens is 1. The van der Waals surface area contributed by atoms with Gasteiger partial charge in [-0.25, -0.2) is 9.37 Å². The van der Waals surface area contributed by atoms with Crippen molar-refractivity contribution in [2.45, 2.75) is 17.8 Å². The van der Waals surface area contributed by atoms with Gasteiger partial charge < -0.3 is 5.73 Å². The van der Waals surface area contributed by atoms with Crippen LogP contribution in [0.2, 0.25) is 0 Å². The van der Waals surface area contributed by atoms with E-state index in [-0.39, 0.29) is 11.7 Å². The SMILES string of the molecule is Cc1nc(SCc2ccc(C(=N)N)cc2F)n[nH]1. The molecule has 0 saturated heterocycles. The number of halogens is 1. The summed E-state index contributed by atoms with van der Waals surface area (Å²) in [5, 5.41) is 14.5. The van der Waals surface area contributed by atoms with Gasteiger partial charge in [0.25, 0.3) is 0 Å². The number of nitrogens with two attached hydrogens (primary N) is 1. The lowest BCUT2D eigenvalue weighted by atomic mass is 10.1. The van der Waals surface area contributed by atoms with E-state index < -0.39 is 0 Å². The van der Waals surface area contributed by atoms with E-state index in [4.69, 9.17) is 11.1 Å². The Bertz CT molecular complexity index is 581. The maximum Gasteiger partial charge on any atom is 0.208 e. The summed E-state index contributed by atoms with van der Waals surface area (Å²) in [5.74, 6) is 0.645. The number of aromatic amines is 1. The van der Waals surface area contributed by atoms with Crippen LogP contribution in [0.5, 0.6) is 0 Å². The molecule has 0 saturated carbocycles. The third kappa shape index (κ3) is 2.86. The molecule has 0 bridgehead atoms. The van der Waals surface area contributed by atoms with Crippen LogP contribution in [0.15, 0.2) is 23.4 Å². The number of nitrogen functional groups attached to an aromatic ring is 1. The van der Waals surface area contributed by atoms with E-state index in [1.807, 2.05) is 0 Å². The van der Waals surface area contributed by atoms with Crippen LogP contribution >= 0.6 is 11.8 Å². The first-order valence-corrected chi connectivity index (χ1v) is 6.19. The Morgan fingerprint density at radius 2 is 2.33 bits per heavy atom. The third-order valence-corrected chi connectivity index (χ3v) is 3.19. The first-order chi connectivity index (χ1) is 8.56. The van der Waals surface area contributed by atoms with Crippen molar-refractivity contribution in [2.75, 3.05) is 0 Å². The molecule has 0 amide bonds. The van der Waals surface area contributed by atoms with Crippen LogP contribution in [0.4, 0.5) is 4.39 Å². The lowest BCUT2D eigenvalue weighted by Crippen LogP contribution is -2.11. The van der Waals surface area contributed by atoms with Crippen molar-refractivity contribution in [1.82, 2.24) is 15.2 Å². The Labute approximate surface area is 108 Å². The van der Waals surface area contributed by atoms with Gasteiger partial charge >= 0.3 is 0 Å². The summed E-state index contributed by atoms with van der Waals surface area (Å²) in [6, 6.07) is 4.52. The van der Waals surface area contributed by atoms with Crippen molar-refractivity contribution >= 4 is 17.6 Å². The molecule has 0 unspecified atom stereocenters. The summed E-state index contributed by atoms with van der Waals surface area (Å²) in [4.78, 5) is 4.12. The Kier molecular flexibility index (Phi) is 3.61. The van der Waals surface area contributed by atoms with Gasteiger partial charge in [-0.15, -0.1) is 5.10 Å². The van der Waals surface area contributed by atoms with Gasteiger partial charge in [0.2, 0.25) is 5.16 Å². The number of hydrogen-bond donors (Lipinski definition) is 3. The lowest BCUT2D eigenvalue weighted by molar-refractivity contribution is 0.617. The Balaban J connectivity index is 2.08. The Hall–Kier alpha value is -1.89. The molecule has 0 aliphatic carbocycles. The van der Waals surface area contributed by atoms with Gasteiger partial charge in [-0.05, 0) is 18.6 Å². The third-order valence-electron chi connectivity index (χ3n) is 2.30. The average molecular weight is 265 g/mol. The van der Waals surface area contributed by atoms with E-state index in [2.05, 4.69) is 15.2 Å². The molecule has 0 aliphatic rings. The molecule has 0 radical (unpaired) electrons. The predicted octanol–water partition coefficient (Wildman–Crippen LogP) is 1.83. The van der Waals surface area contributed by atoms with Gasteiger partial charge in [0.15, 0.2) is 0 Å². The number of thioether (sulfide) groups is 1. The van der Waals surface area contributed by atoms with E-state index in [1.165, 1.54) is 17.8 Å². The van der Waals surface area contributed by atoms with E-state index in [0.29, 0.717) is 22.0 Å². The fraction of sp³-hybridized carbons (Fsp3) is 0.182. The number of aromatic nitrogens is 3. The van der Waals surface area contributed by atoms with Crippen molar-refractivity contribution in [2.24, 2.45) is 5.73 Å². The molecule has 18 heavy (non-hydrogen) atoms. The van der Waals surface area contributed by atoms with E-state index in [9.17, 15) is 4.39 Å². The van der Waals surface area contributed by atoms with Gasteiger partial charge in [0.1, 0.15) is 17.5 Å². The summed E-state index contributed by atoms with van der Waals surface area (Å²) in [7, 11) is 0. The van der Waals surface area contributed by atoms with E-state index >= 15 is 0 Å². The summed E-state index contributed by atoms with van der Waals surface area (Å²) in [6.07, 6.45) is 0. The zero-order valence-electron chi connectivity index (χ0n) is 9.70. The van der Waals surface area contributed by atoms with Crippen molar-refractivity contribution < 1.29 is 4.39 Å². The molecule has 1 aromatic carbocycles. The predicted molar refractivity (Wildman–Crippen MR) is 68.1 cm³/mol. The molecule has 2 rings (SSSR count). The van der Waals surface area contributed by atoms with Crippen molar-refractivity contribution in [3.8, 4) is 0 Å². The minimum atomic E-state index is -0.373. The average Bonchev–Trinajstić information content (AvgIpc) is 2.73. The monoisotopic (exact) mass is 265 g/mol. The van der Waals surface area contributed by atoms with Gasteiger partial charge in [-0.1, -0.05) is 23.9 Å². The first kappa shape index (κ1) is 12.6. The summed E-state index contributed by atoms with van der Waals surface area (Å²) in [6.45, 7) is 1.80. The van der Waals surface area contributed by atoms with Crippen LogP contribution in [0.3, 0.4) is 0 Å². The molecule has 0 aliphatic heterocycles. The molecular formula is C11H12FN5S. The molecule has 1 heterocycles. The Morgan fingerprint density at radius 3 is 2.89 bits per heavy atom. The number of amidine groups is 1. The van der Waals surface area contributed by atoms with Crippen molar-refractivity contribution in [3.63, 3.8) is 0 Å². The summed E-state index contributed by atoms with van der Waals surface area (Å²) < 4.78 is 13.7. The number of nitrogens with one attached hydrogen (secondary N) is 2. The van der Waals surface area contributed by atoms with Crippen LogP contribution < -0.4 is 5.73 Å². The standard InChI is InChI=1S/C11H12FN5S/c1-6-15-11(17-16-6)18-5-8-3-2-7(10(13)14)4-9(8)12/h2-4H,5H2,1H3,(H3,13,14)(H,15,16,17). The molecular weight excluding hydrogens is 253 g/mol. The molecule has 94 valence electrons. The zero-order valence-corrected chi connectivity index (χ0v) is 10.5. The number of rotatable bonds is 4. The van der Waals surface area contributed by atoms with Gasteiger partial charge in [0, 0.05) is 11.3 Å². The summed E-state index contributed by atoms with van der Waals surface area (Å²) >= 11 is 1.34. The van der Waals surface area contributed by atoms with Crippen molar-refractivity contribution in [1.29, 1.82) is 5.41 Å². The maximum absolute atomic E-state index is 13.7. The van der Waals surface area contributed by atoms with E-state index in [1.54, 1.807) is 19.1 Å². The molecule has 5 nitrogen and oxygen atoms in total. The second kappa shape index (κ2) is 5.18. The fourth-order valence-corrected chi connectivity index (χ4v) is 2.19.